The number of nitrogen functional groups attached to an aromatic ring is 1. The van der Waals surface area contributed by atoms with Crippen LogP contribution in [-0.2, 0) is 6.42 Å². The number of benzene rings is 1. The van der Waals surface area contributed by atoms with Gasteiger partial charge in [0.25, 0.3) is 0 Å². The fourth-order valence-corrected chi connectivity index (χ4v) is 3.20. The smallest absolute Gasteiger partial charge is 0.246 e. The van der Waals surface area contributed by atoms with Crippen molar-refractivity contribution in [1.29, 1.82) is 0 Å². The van der Waals surface area contributed by atoms with E-state index in [1.807, 2.05) is 12.1 Å². The molecular formula is C16H22ClN5. The van der Waals surface area contributed by atoms with Crippen LogP contribution >= 0.6 is 11.6 Å². The zero-order valence-corrected chi connectivity index (χ0v) is 13.4. The highest BCUT2D eigenvalue weighted by molar-refractivity contribution is 6.30. The number of H-pyrrole nitrogens is 1. The topological polar surface area (TPSA) is 70.8 Å². The lowest BCUT2D eigenvalue weighted by atomic mass is 9.91. The molecular weight excluding hydrogens is 298 g/mol. The van der Waals surface area contributed by atoms with Crippen molar-refractivity contribution in [2.45, 2.75) is 32.1 Å². The Hall–Kier alpha value is -1.75. The summed E-state index contributed by atoms with van der Waals surface area (Å²) in [7, 11) is 0. The molecule has 0 amide bonds. The van der Waals surface area contributed by atoms with E-state index in [-0.39, 0.29) is 0 Å². The third kappa shape index (κ3) is 3.91. The molecule has 1 aliphatic rings. The van der Waals surface area contributed by atoms with Crippen LogP contribution in [0.4, 0.5) is 11.9 Å². The molecule has 2 heterocycles. The molecule has 1 aromatic carbocycles. The maximum atomic E-state index is 5.91. The lowest BCUT2D eigenvalue weighted by Crippen LogP contribution is -2.34. The standard InChI is InChI=1S/C16H22ClN5/c17-14-6-4-12(5-7-14)2-1-3-13-8-10-22(11-9-13)16-19-15(18)20-21-16/h4-7,13H,1-3,8-11H2,(H3,18,19,20,21). The lowest BCUT2D eigenvalue weighted by Gasteiger charge is -2.31. The van der Waals surface area contributed by atoms with Crippen molar-refractivity contribution in [3.8, 4) is 0 Å². The first-order valence-corrected chi connectivity index (χ1v) is 8.26. The Labute approximate surface area is 135 Å². The van der Waals surface area contributed by atoms with E-state index in [1.165, 1.54) is 31.2 Å². The second-order valence-electron chi connectivity index (χ2n) is 5.97. The number of aryl methyl sites for hydroxylation is 1. The molecule has 1 fully saturated rings. The number of hydrogen-bond donors (Lipinski definition) is 2. The Morgan fingerprint density at radius 1 is 1.23 bits per heavy atom. The van der Waals surface area contributed by atoms with Gasteiger partial charge >= 0.3 is 0 Å². The van der Waals surface area contributed by atoms with Crippen LogP contribution in [0.3, 0.4) is 0 Å². The number of nitrogens with zero attached hydrogens (tertiary/aromatic N) is 3. The molecule has 1 saturated heterocycles. The number of halogens is 1. The van der Waals surface area contributed by atoms with Gasteiger partial charge in [-0.1, -0.05) is 23.7 Å². The van der Waals surface area contributed by atoms with E-state index >= 15 is 0 Å². The third-order valence-corrected chi connectivity index (χ3v) is 4.63. The molecule has 0 bridgehead atoms. The number of aromatic nitrogens is 3. The maximum absolute atomic E-state index is 5.91. The van der Waals surface area contributed by atoms with Gasteiger partial charge < -0.3 is 10.6 Å². The average Bonchev–Trinajstić information content (AvgIpc) is 2.97. The van der Waals surface area contributed by atoms with E-state index in [2.05, 4.69) is 32.2 Å². The summed E-state index contributed by atoms with van der Waals surface area (Å²) >= 11 is 5.91. The quantitative estimate of drug-likeness (QED) is 0.887. The van der Waals surface area contributed by atoms with Crippen LogP contribution in [0.5, 0.6) is 0 Å². The van der Waals surface area contributed by atoms with Crippen molar-refractivity contribution in [2.24, 2.45) is 5.92 Å². The SMILES string of the molecule is Nc1nc(N2CCC(CCCc3ccc(Cl)cc3)CC2)n[nH]1. The fraction of sp³-hybridized carbons (Fsp3) is 0.500. The first kappa shape index (κ1) is 15.2. The third-order valence-electron chi connectivity index (χ3n) is 4.38. The van der Waals surface area contributed by atoms with Crippen molar-refractivity contribution < 1.29 is 0 Å². The molecule has 0 atom stereocenters. The van der Waals surface area contributed by atoms with E-state index in [0.29, 0.717) is 5.95 Å². The number of aromatic amines is 1. The van der Waals surface area contributed by atoms with Crippen LogP contribution < -0.4 is 10.6 Å². The summed E-state index contributed by atoms with van der Waals surface area (Å²) in [6.45, 7) is 2.03. The van der Waals surface area contributed by atoms with E-state index < -0.39 is 0 Å². The summed E-state index contributed by atoms with van der Waals surface area (Å²) in [4.78, 5) is 6.41. The molecule has 1 aromatic heterocycles. The van der Waals surface area contributed by atoms with E-state index in [4.69, 9.17) is 17.3 Å². The number of rotatable bonds is 5. The highest BCUT2D eigenvalue weighted by Gasteiger charge is 2.21. The molecule has 3 N–H and O–H groups in total. The first-order chi connectivity index (χ1) is 10.7. The van der Waals surface area contributed by atoms with E-state index in [0.717, 1.165) is 36.4 Å². The molecule has 0 saturated carbocycles. The first-order valence-electron chi connectivity index (χ1n) is 7.88. The number of nitrogens with two attached hydrogens (primary N) is 1. The summed E-state index contributed by atoms with van der Waals surface area (Å²) in [5.41, 5.74) is 6.95. The molecule has 0 aliphatic carbocycles. The molecule has 2 aromatic rings. The number of hydrogen-bond acceptors (Lipinski definition) is 4. The van der Waals surface area contributed by atoms with Crippen molar-refractivity contribution in [1.82, 2.24) is 15.2 Å². The molecule has 3 rings (SSSR count). The molecule has 0 radical (unpaired) electrons. The van der Waals surface area contributed by atoms with Crippen LogP contribution in [-0.4, -0.2) is 28.3 Å². The Balaban J connectivity index is 1.39. The van der Waals surface area contributed by atoms with Gasteiger partial charge in [-0.3, -0.25) is 0 Å². The van der Waals surface area contributed by atoms with Crippen molar-refractivity contribution in [3.05, 3.63) is 34.9 Å². The predicted octanol–water partition coefficient (Wildman–Crippen LogP) is 3.28. The molecule has 0 unspecified atom stereocenters. The largest absolute Gasteiger partial charge is 0.368 e. The van der Waals surface area contributed by atoms with Gasteiger partial charge in [0.15, 0.2) is 0 Å². The van der Waals surface area contributed by atoms with Gasteiger partial charge in [-0.25, -0.2) is 5.10 Å². The van der Waals surface area contributed by atoms with Crippen LogP contribution in [0.15, 0.2) is 24.3 Å². The van der Waals surface area contributed by atoms with Gasteiger partial charge in [0.1, 0.15) is 0 Å². The van der Waals surface area contributed by atoms with Crippen LogP contribution in [0.1, 0.15) is 31.2 Å². The van der Waals surface area contributed by atoms with Crippen LogP contribution in [0.25, 0.3) is 0 Å². The van der Waals surface area contributed by atoms with Gasteiger partial charge in [-0.05, 0) is 55.7 Å². The molecule has 118 valence electrons. The predicted molar refractivity (Wildman–Crippen MR) is 90.1 cm³/mol. The van der Waals surface area contributed by atoms with Crippen molar-refractivity contribution >= 4 is 23.5 Å². The highest BCUT2D eigenvalue weighted by atomic mass is 35.5. The second kappa shape index (κ2) is 7.01. The minimum atomic E-state index is 0.389. The molecule has 0 spiro atoms. The maximum Gasteiger partial charge on any atom is 0.246 e. The van der Waals surface area contributed by atoms with Gasteiger partial charge in [-0.15, -0.1) is 5.10 Å². The Kier molecular flexibility index (Phi) is 4.83. The van der Waals surface area contributed by atoms with Gasteiger partial charge in [-0.2, -0.15) is 4.98 Å². The minimum Gasteiger partial charge on any atom is -0.368 e. The Morgan fingerprint density at radius 2 is 1.95 bits per heavy atom. The molecule has 1 aliphatic heterocycles. The van der Waals surface area contributed by atoms with Gasteiger partial charge in [0.2, 0.25) is 11.9 Å². The van der Waals surface area contributed by atoms with Crippen molar-refractivity contribution in [2.75, 3.05) is 23.7 Å². The number of piperidine rings is 1. The summed E-state index contributed by atoms with van der Waals surface area (Å²) in [6, 6.07) is 8.19. The Morgan fingerprint density at radius 3 is 2.59 bits per heavy atom. The van der Waals surface area contributed by atoms with E-state index in [1.54, 1.807) is 0 Å². The fourth-order valence-electron chi connectivity index (χ4n) is 3.07. The zero-order chi connectivity index (χ0) is 15.4. The average molecular weight is 320 g/mol. The molecule has 6 heteroatoms. The summed E-state index contributed by atoms with van der Waals surface area (Å²) in [5.74, 6) is 1.93. The van der Waals surface area contributed by atoms with Crippen molar-refractivity contribution in [3.63, 3.8) is 0 Å². The highest BCUT2D eigenvalue weighted by Crippen LogP contribution is 2.25. The lowest BCUT2D eigenvalue weighted by molar-refractivity contribution is 0.371. The number of anilines is 2. The van der Waals surface area contributed by atoms with E-state index in [9.17, 15) is 0 Å². The summed E-state index contributed by atoms with van der Waals surface area (Å²) in [6.07, 6.45) is 6.06. The summed E-state index contributed by atoms with van der Waals surface area (Å²) < 4.78 is 0. The minimum absolute atomic E-state index is 0.389. The molecule has 5 nitrogen and oxygen atoms in total. The van der Waals surface area contributed by atoms with Gasteiger partial charge in [0.05, 0.1) is 0 Å². The van der Waals surface area contributed by atoms with Crippen LogP contribution in [0, 0.1) is 5.92 Å². The van der Waals surface area contributed by atoms with Gasteiger partial charge in [0, 0.05) is 18.1 Å². The normalized spacial score (nSPS) is 16.1. The molecule has 22 heavy (non-hydrogen) atoms. The summed E-state index contributed by atoms with van der Waals surface area (Å²) in [5, 5.41) is 7.64. The monoisotopic (exact) mass is 319 g/mol. The van der Waals surface area contributed by atoms with Crippen LogP contribution in [0.2, 0.25) is 5.02 Å². The number of nitrogens with one attached hydrogen (secondary N) is 1. The second-order valence-corrected chi connectivity index (χ2v) is 6.41. The zero-order valence-electron chi connectivity index (χ0n) is 12.6. The Bertz CT molecular complexity index is 587.